The van der Waals surface area contributed by atoms with Gasteiger partial charge in [0.2, 0.25) is 11.8 Å². The second-order valence-electron chi connectivity index (χ2n) is 11.6. The summed E-state index contributed by atoms with van der Waals surface area (Å²) in [5.41, 5.74) is 1.81. The molecule has 1 N–H and O–H groups in total. The molecule has 0 aromatic heterocycles. The van der Waals surface area contributed by atoms with Crippen molar-refractivity contribution in [3.8, 4) is 0 Å². The minimum atomic E-state index is -4.27. The van der Waals surface area contributed by atoms with Crippen LogP contribution in [-0.2, 0) is 32.6 Å². The lowest BCUT2D eigenvalue weighted by Gasteiger charge is -2.35. The number of anilines is 1. The molecule has 1 atom stereocenters. The van der Waals surface area contributed by atoms with Gasteiger partial charge in [0, 0.05) is 34.1 Å². The Bertz CT molecular complexity index is 1770. The van der Waals surface area contributed by atoms with Gasteiger partial charge in [0.05, 0.1) is 10.6 Å². The maximum absolute atomic E-state index is 14.6. The summed E-state index contributed by atoms with van der Waals surface area (Å²) in [7, 11) is -4.27. The van der Waals surface area contributed by atoms with Crippen LogP contribution in [-0.4, -0.2) is 43.8 Å². The van der Waals surface area contributed by atoms with Crippen LogP contribution in [0.3, 0.4) is 0 Å². The van der Waals surface area contributed by atoms with E-state index in [0.29, 0.717) is 15.1 Å². The number of sulfonamides is 1. The lowest BCUT2D eigenvalue weighted by atomic mass is 9.94. The Morgan fingerprint density at radius 3 is 2.02 bits per heavy atom. The van der Waals surface area contributed by atoms with Crippen LogP contribution in [0.25, 0.3) is 0 Å². The summed E-state index contributed by atoms with van der Waals surface area (Å²) in [5.74, 6) is -0.838. The number of hydrogen-bond donors (Lipinski definition) is 1. The third kappa shape index (κ3) is 9.29. The molecular formula is C36H36Cl3N3O4S. The summed E-state index contributed by atoms with van der Waals surface area (Å²) < 4.78 is 29.3. The van der Waals surface area contributed by atoms with Crippen LogP contribution in [0.1, 0.15) is 43.2 Å². The molecule has 1 aliphatic carbocycles. The van der Waals surface area contributed by atoms with E-state index in [-0.39, 0.29) is 35.5 Å². The van der Waals surface area contributed by atoms with E-state index in [1.807, 2.05) is 30.3 Å². The van der Waals surface area contributed by atoms with Crippen molar-refractivity contribution in [2.75, 3.05) is 10.8 Å². The molecule has 0 saturated heterocycles. The van der Waals surface area contributed by atoms with Crippen LogP contribution in [0.4, 0.5) is 5.69 Å². The second-order valence-corrected chi connectivity index (χ2v) is 14.8. The molecule has 0 radical (unpaired) electrons. The van der Waals surface area contributed by atoms with Gasteiger partial charge in [-0.25, -0.2) is 8.42 Å². The molecule has 47 heavy (non-hydrogen) atoms. The molecule has 2 amide bonds. The molecule has 0 aliphatic heterocycles. The monoisotopic (exact) mass is 711 g/mol. The maximum atomic E-state index is 14.6. The van der Waals surface area contributed by atoms with E-state index < -0.39 is 28.5 Å². The SMILES string of the molecule is O=C(NC1CCCCC1)[C@H](Cc1ccccc1)N(Cc1ccc(Cl)cc1)C(=O)CN(c1cccc(Cl)c1)S(=O)(=O)c1ccc(Cl)cc1. The van der Waals surface area contributed by atoms with Crippen molar-refractivity contribution in [2.24, 2.45) is 0 Å². The first-order valence-corrected chi connectivity index (χ1v) is 18.1. The van der Waals surface area contributed by atoms with Crippen molar-refractivity contribution < 1.29 is 18.0 Å². The third-order valence-electron chi connectivity index (χ3n) is 8.27. The molecule has 4 aromatic carbocycles. The Balaban J connectivity index is 1.56. The third-order valence-corrected chi connectivity index (χ3v) is 10.8. The number of nitrogens with one attached hydrogen (secondary N) is 1. The van der Waals surface area contributed by atoms with Crippen LogP contribution in [0.5, 0.6) is 0 Å². The van der Waals surface area contributed by atoms with E-state index in [1.54, 1.807) is 42.5 Å². The van der Waals surface area contributed by atoms with E-state index >= 15 is 0 Å². The Morgan fingerprint density at radius 2 is 1.38 bits per heavy atom. The van der Waals surface area contributed by atoms with Crippen molar-refractivity contribution in [1.29, 1.82) is 0 Å². The molecular weight excluding hydrogens is 677 g/mol. The number of halogens is 3. The summed E-state index contributed by atoms with van der Waals surface area (Å²) in [5, 5.41) is 4.41. The van der Waals surface area contributed by atoms with E-state index in [0.717, 1.165) is 47.5 Å². The molecule has 0 spiro atoms. The zero-order valence-corrected chi connectivity index (χ0v) is 28.8. The number of hydrogen-bond acceptors (Lipinski definition) is 4. The Kier molecular flexibility index (Phi) is 11.9. The van der Waals surface area contributed by atoms with Gasteiger partial charge in [-0.1, -0.05) is 103 Å². The normalized spacial score (nSPS) is 14.3. The fourth-order valence-corrected chi connectivity index (χ4v) is 7.62. The molecule has 0 bridgehead atoms. The van der Waals surface area contributed by atoms with Gasteiger partial charge in [0.15, 0.2) is 0 Å². The smallest absolute Gasteiger partial charge is 0.264 e. The minimum absolute atomic E-state index is 0.00949. The highest BCUT2D eigenvalue weighted by Crippen LogP contribution is 2.28. The lowest BCUT2D eigenvalue weighted by molar-refractivity contribution is -0.140. The van der Waals surface area contributed by atoms with Gasteiger partial charge >= 0.3 is 0 Å². The van der Waals surface area contributed by atoms with Gasteiger partial charge < -0.3 is 10.2 Å². The number of nitrogens with zero attached hydrogens (tertiary/aromatic N) is 2. The van der Waals surface area contributed by atoms with Crippen molar-refractivity contribution in [3.63, 3.8) is 0 Å². The van der Waals surface area contributed by atoms with E-state index in [9.17, 15) is 18.0 Å². The first-order chi connectivity index (χ1) is 22.6. The minimum Gasteiger partial charge on any atom is -0.352 e. The summed E-state index contributed by atoms with van der Waals surface area (Å²) in [4.78, 5) is 30.2. The summed E-state index contributed by atoms with van der Waals surface area (Å²) >= 11 is 18.5. The van der Waals surface area contributed by atoms with Gasteiger partial charge in [-0.15, -0.1) is 0 Å². The van der Waals surface area contributed by atoms with Crippen LogP contribution in [0.15, 0.2) is 108 Å². The molecule has 246 valence electrons. The largest absolute Gasteiger partial charge is 0.352 e. The fourth-order valence-electron chi connectivity index (χ4n) is 5.78. The van der Waals surface area contributed by atoms with Gasteiger partial charge in [-0.2, -0.15) is 0 Å². The summed E-state index contributed by atoms with van der Waals surface area (Å²) in [6, 6.07) is 27.6. The van der Waals surface area contributed by atoms with Gasteiger partial charge in [0.1, 0.15) is 12.6 Å². The summed E-state index contributed by atoms with van der Waals surface area (Å²) in [6.45, 7) is -0.531. The van der Waals surface area contributed by atoms with Gasteiger partial charge in [0.25, 0.3) is 10.0 Å². The van der Waals surface area contributed by atoms with Crippen molar-refractivity contribution >= 4 is 62.3 Å². The zero-order valence-electron chi connectivity index (χ0n) is 25.7. The number of benzene rings is 4. The highest BCUT2D eigenvalue weighted by Gasteiger charge is 2.35. The topological polar surface area (TPSA) is 86.8 Å². The molecule has 5 rings (SSSR count). The van der Waals surface area contributed by atoms with Crippen molar-refractivity contribution in [3.05, 3.63) is 129 Å². The van der Waals surface area contributed by atoms with Gasteiger partial charge in [-0.3, -0.25) is 13.9 Å². The Hall–Kier alpha value is -3.56. The van der Waals surface area contributed by atoms with Crippen LogP contribution < -0.4 is 9.62 Å². The van der Waals surface area contributed by atoms with E-state index in [4.69, 9.17) is 34.8 Å². The molecule has 7 nitrogen and oxygen atoms in total. The Morgan fingerprint density at radius 1 is 0.745 bits per heavy atom. The van der Waals surface area contributed by atoms with E-state index in [2.05, 4.69) is 5.32 Å². The molecule has 0 heterocycles. The van der Waals surface area contributed by atoms with Crippen molar-refractivity contribution in [1.82, 2.24) is 10.2 Å². The average molecular weight is 713 g/mol. The number of carbonyl (C=O) groups is 2. The number of carbonyl (C=O) groups excluding carboxylic acids is 2. The predicted molar refractivity (Wildman–Crippen MR) is 188 cm³/mol. The summed E-state index contributed by atoms with van der Waals surface area (Å²) in [6.07, 6.45) is 5.16. The van der Waals surface area contributed by atoms with E-state index in [1.165, 1.54) is 35.2 Å². The number of amides is 2. The molecule has 0 unspecified atom stereocenters. The molecule has 4 aromatic rings. The quantitative estimate of drug-likeness (QED) is 0.162. The molecule has 11 heteroatoms. The zero-order chi connectivity index (χ0) is 33.4. The maximum Gasteiger partial charge on any atom is 0.264 e. The fraction of sp³-hybridized carbons (Fsp3) is 0.278. The average Bonchev–Trinajstić information content (AvgIpc) is 3.07. The van der Waals surface area contributed by atoms with Crippen molar-refractivity contribution in [2.45, 2.75) is 62.0 Å². The van der Waals surface area contributed by atoms with Gasteiger partial charge in [-0.05, 0) is 78.6 Å². The lowest BCUT2D eigenvalue weighted by Crippen LogP contribution is -2.55. The first kappa shape index (κ1) is 34.8. The Labute approximate surface area is 291 Å². The highest BCUT2D eigenvalue weighted by molar-refractivity contribution is 7.92. The standard InChI is InChI=1S/C36H36Cl3N3O4S/c37-28-16-14-27(15-17-28)24-41(34(22-26-8-3-1-4-9-26)36(44)40-31-11-5-2-6-12-31)35(43)25-42(32-13-7-10-30(39)23-32)47(45,46)33-20-18-29(38)19-21-33/h1,3-4,7-10,13-21,23,31,34H,2,5-6,11-12,22,24-25H2,(H,40,44)/t34-/m0/s1. The highest BCUT2D eigenvalue weighted by atomic mass is 35.5. The van der Waals surface area contributed by atoms with Crippen LogP contribution in [0, 0.1) is 0 Å². The second kappa shape index (κ2) is 16.0. The molecule has 1 fully saturated rings. The molecule has 1 aliphatic rings. The van der Waals surface area contributed by atoms with Crippen LogP contribution in [0.2, 0.25) is 15.1 Å². The predicted octanol–water partition coefficient (Wildman–Crippen LogP) is 7.93. The number of rotatable bonds is 12. The molecule has 1 saturated carbocycles. The first-order valence-electron chi connectivity index (χ1n) is 15.5. The van der Waals surface area contributed by atoms with Crippen LogP contribution >= 0.6 is 34.8 Å².